The van der Waals surface area contributed by atoms with E-state index in [-0.39, 0.29) is 0 Å². The van der Waals surface area contributed by atoms with Gasteiger partial charge in [0, 0.05) is 13.1 Å². The highest BCUT2D eigenvalue weighted by atomic mass is 32.2. The van der Waals surface area contributed by atoms with Crippen LogP contribution in [0.15, 0.2) is 0 Å². The SMILES string of the molecule is NCCNOS(=O)[O-]. The van der Waals surface area contributed by atoms with Gasteiger partial charge in [0.2, 0.25) is 0 Å². The predicted molar refractivity (Wildman–Crippen MR) is 27.1 cm³/mol. The summed E-state index contributed by atoms with van der Waals surface area (Å²) in [5.41, 5.74) is 7.07. The van der Waals surface area contributed by atoms with E-state index < -0.39 is 11.4 Å². The van der Waals surface area contributed by atoms with Gasteiger partial charge in [0.15, 0.2) is 0 Å². The Morgan fingerprint density at radius 3 is 2.88 bits per heavy atom. The van der Waals surface area contributed by atoms with E-state index in [1.54, 1.807) is 0 Å². The van der Waals surface area contributed by atoms with Gasteiger partial charge < -0.3 is 10.3 Å². The van der Waals surface area contributed by atoms with Crippen LogP contribution >= 0.6 is 0 Å². The molecule has 6 heteroatoms. The molecule has 0 rings (SSSR count). The average molecular weight is 139 g/mol. The van der Waals surface area contributed by atoms with Crippen LogP contribution in [0, 0.1) is 0 Å². The normalized spacial score (nSPS) is 13.8. The summed E-state index contributed by atoms with van der Waals surface area (Å²) in [6, 6.07) is 0. The summed E-state index contributed by atoms with van der Waals surface area (Å²) in [6.45, 7) is 0.672. The standard InChI is InChI=1S/C2H8N2O3S/c3-1-2-4-7-8(5)6/h4H,1-3H2,(H,5,6)/p-1. The number of hydrogen-bond acceptors (Lipinski definition) is 5. The van der Waals surface area contributed by atoms with Crippen LogP contribution in [0.1, 0.15) is 0 Å². The van der Waals surface area contributed by atoms with Crippen LogP contribution < -0.4 is 11.2 Å². The Morgan fingerprint density at radius 1 is 1.88 bits per heavy atom. The number of hydroxylamine groups is 1. The summed E-state index contributed by atoms with van der Waals surface area (Å²) >= 11 is -2.48. The van der Waals surface area contributed by atoms with Crippen LogP contribution in [0.5, 0.6) is 0 Å². The van der Waals surface area contributed by atoms with Crippen LogP contribution in [-0.4, -0.2) is 21.9 Å². The lowest BCUT2D eigenvalue weighted by atomic mass is 10.7. The summed E-state index contributed by atoms with van der Waals surface area (Å²) in [6.07, 6.45) is 0. The smallest absolute Gasteiger partial charge is 0.105 e. The first-order valence-electron chi connectivity index (χ1n) is 1.97. The summed E-state index contributed by atoms with van der Waals surface area (Å²) in [5, 5.41) is 0. The second kappa shape index (κ2) is 5.13. The topological polar surface area (TPSA) is 87.4 Å². The molecular weight excluding hydrogens is 132 g/mol. The lowest BCUT2D eigenvalue weighted by Crippen LogP contribution is -2.23. The van der Waals surface area contributed by atoms with Gasteiger partial charge >= 0.3 is 0 Å². The highest BCUT2D eigenvalue weighted by Gasteiger charge is 1.79. The number of nitrogens with one attached hydrogen (secondary N) is 1. The molecule has 5 nitrogen and oxygen atoms in total. The zero-order chi connectivity index (χ0) is 6.41. The molecule has 0 heterocycles. The second-order valence-electron chi connectivity index (χ2n) is 0.970. The van der Waals surface area contributed by atoms with E-state index in [4.69, 9.17) is 5.73 Å². The highest BCUT2D eigenvalue weighted by Crippen LogP contribution is 1.67. The second-order valence-corrected chi connectivity index (χ2v) is 1.55. The fourth-order valence-electron chi connectivity index (χ4n) is 0.149. The van der Waals surface area contributed by atoms with Gasteiger partial charge in [-0.2, -0.15) is 5.48 Å². The van der Waals surface area contributed by atoms with Crippen LogP contribution in [0.25, 0.3) is 0 Å². The Labute approximate surface area is 49.6 Å². The molecule has 0 saturated carbocycles. The highest BCUT2D eigenvalue weighted by molar-refractivity contribution is 7.74. The molecule has 1 atom stereocenters. The lowest BCUT2D eigenvalue weighted by molar-refractivity contribution is 0.198. The molecule has 0 bridgehead atoms. The molecule has 8 heavy (non-hydrogen) atoms. The summed E-state index contributed by atoms with van der Waals surface area (Å²) in [5.74, 6) is 0. The molecule has 0 amide bonds. The molecule has 3 N–H and O–H groups in total. The number of nitrogens with two attached hydrogens (primary N) is 1. The summed E-state index contributed by atoms with van der Waals surface area (Å²) in [4.78, 5) is 0. The van der Waals surface area contributed by atoms with E-state index in [2.05, 4.69) is 9.76 Å². The lowest BCUT2D eigenvalue weighted by Gasteiger charge is -2.03. The van der Waals surface area contributed by atoms with E-state index in [1.807, 2.05) is 0 Å². The van der Waals surface area contributed by atoms with E-state index in [0.29, 0.717) is 13.1 Å². The molecule has 0 spiro atoms. The minimum atomic E-state index is -2.48. The molecule has 0 saturated heterocycles. The first-order valence-corrected chi connectivity index (χ1v) is 2.97. The van der Waals surface area contributed by atoms with E-state index >= 15 is 0 Å². The Bertz CT molecular complexity index is 77.7. The van der Waals surface area contributed by atoms with Gasteiger partial charge in [0.05, 0.1) is 0 Å². The van der Waals surface area contributed by atoms with Crippen molar-refractivity contribution in [3.05, 3.63) is 0 Å². The zero-order valence-electron chi connectivity index (χ0n) is 4.12. The predicted octanol–water partition coefficient (Wildman–Crippen LogP) is -1.74. The maximum absolute atomic E-state index is 9.55. The first kappa shape index (κ1) is 7.99. The van der Waals surface area contributed by atoms with E-state index in [0.717, 1.165) is 0 Å². The van der Waals surface area contributed by atoms with Crippen molar-refractivity contribution in [2.24, 2.45) is 5.73 Å². The fourth-order valence-corrected chi connectivity index (χ4v) is 0.328. The van der Waals surface area contributed by atoms with Crippen molar-refractivity contribution in [3.63, 3.8) is 0 Å². The van der Waals surface area contributed by atoms with Crippen LogP contribution in [0.2, 0.25) is 0 Å². The Kier molecular flexibility index (Phi) is 5.13. The van der Waals surface area contributed by atoms with Crippen molar-refractivity contribution in [2.45, 2.75) is 0 Å². The van der Waals surface area contributed by atoms with E-state index in [1.165, 1.54) is 0 Å². The fraction of sp³-hybridized carbons (Fsp3) is 1.00. The molecule has 0 aliphatic carbocycles. The first-order chi connectivity index (χ1) is 3.77. The van der Waals surface area contributed by atoms with Crippen molar-refractivity contribution in [2.75, 3.05) is 13.1 Å². The van der Waals surface area contributed by atoms with Crippen LogP contribution in [-0.2, 0) is 15.6 Å². The minimum absolute atomic E-state index is 0.327. The average Bonchev–Trinajstić information content (AvgIpc) is 1.66. The van der Waals surface area contributed by atoms with Crippen molar-refractivity contribution in [1.29, 1.82) is 0 Å². The van der Waals surface area contributed by atoms with Crippen LogP contribution in [0.3, 0.4) is 0 Å². The molecule has 0 aromatic carbocycles. The zero-order valence-corrected chi connectivity index (χ0v) is 4.94. The largest absolute Gasteiger partial charge is 0.748 e. The Balaban J connectivity index is 2.82. The summed E-state index contributed by atoms with van der Waals surface area (Å²) in [7, 11) is 0. The monoisotopic (exact) mass is 139 g/mol. The molecule has 1 unspecified atom stereocenters. The van der Waals surface area contributed by atoms with E-state index in [9.17, 15) is 8.76 Å². The van der Waals surface area contributed by atoms with Crippen LogP contribution in [0.4, 0.5) is 0 Å². The molecule has 50 valence electrons. The summed E-state index contributed by atoms with van der Waals surface area (Å²) < 4.78 is 23.0. The maximum atomic E-state index is 9.55. The Hall–Kier alpha value is -0.0100. The molecule has 0 aromatic heterocycles. The van der Waals surface area contributed by atoms with Crippen molar-refractivity contribution < 1.29 is 13.0 Å². The molecule has 0 radical (unpaired) electrons. The van der Waals surface area contributed by atoms with Gasteiger partial charge in [-0.15, -0.1) is 0 Å². The maximum Gasteiger partial charge on any atom is 0.105 e. The third kappa shape index (κ3) is 5.99. The third-order valence-electron chi connectivity index (χ3n) is 0.373. The minimum Gasteiger partial charge on any atom is -0.748 e. The van der Waals surface area contributed by atoms with Gasteiger partial charge in [-0.05, 0) is 0 Å². The number of rotatable bonds is 4. The van der Waals surface area contributed by atoms with Gasteiger partial charge in [-0.3, -0.25) is 0 Å². The molecular formula is C2H7N2O3S-. The molecule has 0 aliphatic rings. The number of hydrogen-bond donors (Lipinski definition) is 2. The van der Waals surface area contributed by atoms with Gasteiger partial charge in [-0.1, -0.05) is 0 Å². The van der Waals surface area contributed by atoms with Crippen molar-refractivity contribution >= 4 is 11.4 Å². The van der Waals surface area contributed by atoms with Gasteiger partial charge in [-0.25, -0.2) is 8.49 Å². The molecule has 0 aromatic rings. The molecule has 0 aliphatic heterocycles. The van der Waals surface area contributed by atoms with Gasteiger partial charge in [0.25, 0.3) is 0 Å². The van der Waals surface area contributed by atoms with Crippen molar-refractivity contribution in [1.82, 2.24) is 5.48 Å². The third-order valence-corrected chi connectivity index (χ3v) is 0.627. The van der Waals surface area contributed by atoms with Crippen molar-refractivity contribution in [3.8, 4) is 0 Å². The Morgan fingerprint density at radius 2 is 2.50 bits per heavy atom. The molecule has 0 fully saturated rings. The quantitative estimate of drug-likeness (QED) is 0.274. The van der Waals surface area contributed by atoms with Gasteiger partial charge in [0.1, 0.15) is 11.4 Å².